The maximum atomic E-state index is 12.4. The molecule has 5 nitrogen and oxygen atoms in total. The molecule has 1 unspecified atom stereocenters. The van der Waals surface area contributed by atoms with Crippen molar-refractivity contribution in [3.05, 3.63) is 31.6 Å². The van der Waals surface area contributed by atoms with Gasteiger partial charge in [0.1, 0.15) is 5.15 Å². The molecule has 0 aromatic carbocycles. The number of nitrogens with one attached hydrogen (secondary N) is 1. The first-order valence-electron chi connectivity index (χ1n) is 7.30. The highest BCUT2D eigenvalue weighted by molar-refractivity contribution is 6.30. The molecule has 0 radical (unpaired) electrons. The van der Waals surface area contributed by atoms with Gasteiger partial charge in [-0.3, -0.25) is 19.2 Å². The maximum Gasteiger partial charge on any atom is 0.329 e. The van der Waals surface area contributed by atoms with E-state index in [-0.39, 0.29) is 16.8 Å². The molecule has 1 fully saturated rings. The molecule has 0 amide bonds. The predicted octanol–water partition coefficient (Wildman–Crippen LogP) is 1.63. The number of likely N-dealkylation sites (tertiary alicyclic amines) is 1. The first-order chi connectivity index (χ1) is 9.54. The van der Waals surface area contributed by atoms with E-state index in [0.717, 1.165) is 19.5 Å². The van der Waals surface area contributed by atoms with Gasteiger partial charge in [-0.2, -0.15) is 0 Å². The van der Waals surface area contributed by atoms with E-state index in [2.05, 4.69) is 16.8 Å². The Bertz CT molecular complexity index is 573. The second-order valence-corrected chi connectivity index (χ2v) is 5.86. The van der Waals surface area contributed by atoms with Gasteiger partial charge in [0.2, 0.25) is 0 Å². The Hall–Kier alpha value is -1.07. The largest absolute Gasteiger partial charge is 0.329 e. The highest BCUT2D eigenvalue weighted by Gasteiger charge is 2.20. The van der Waals surface area contributed by atoms with E-state index >= 15 is 0 Å². The molecule has 2 heterocycles. The lowest BCUT2D eigenvalue weighted by molar-refractivity contribution is 0.231. The number of nitrogens with zero attached hydrogens (tertiary/aromatic N) is 2. The average Bonchev–Trinajstić information content (AvgIpc) is 2.93. The van der Waals surface area contributed by atoms with Crippen molar-refractivity contribution in [1.29, 1.82) is 0 Å². The Morgan fingerprint density at radius 1 is 1.30 bits per heavy atom. The fourth-order valence-electron chi connectivity index (χ4n) is 2.78. The van der Waals surface area contributed by atoms with Crippen LogP contribution in [-0.2, 0) is 13.0 Å². The van der Waals surface area contributed by atoms with Crippen LogP contribution < -0.4 is 11.2 Å². The molecule has 1 N–H and O–H groups in total. The summed E-state index contributed by atoms with van der Waals surface area (Å²) in [6.45, 7) is 6.55. The molecule has 0 bridgehead atoms. The normalized spacial score (nSPS) is 17.6. The van der Waals surface area contributed by atoms with Crippen molar-refractivity contribution in [2.45, 2.75) is 52.1 Å². The van der Waals surface area contributed by atoms with Crippen LogP contribution >= 0.6 is 11.6 Å². The summed E-state index contributed by atoms with van der Waals surface area (Å²) >= 11 is 5.97. The van der Waals surface area contributed by atoms with E-state index in [9.17, 15) is 9.59 Å². The summed E-state index contributed by atoms with van der Waals surface area (Å²) in [7, 11) is 0. The topological polar surface area (TPSA) is 58.1 Å². The Morgan fingerprint density at radius 3 is 2.55 bits per heavy atom. The van der Waals surface area contributed by atoms with Gasteiger partial charge in [0.15, 0.2) is 0 Å². The molecule has 1 aliphatic heterocycles. The summed E-state index contributed by atoms with van der Waals surface area (Å²) in [5.41, 5.74) is -0.139. The van der Waals surface area contributed by atoms with E-state index in [4.69, 9.17) is 11.6 Å². The number of aromatic nitrogens is 2. The molecule has 2 rings (SSSR count). The van der Waals surface area contributed by atoms with Crippen molar-refractivity contribution in [3.8, 4) is 0 Å². The Balaban J connectivity index is 2.29. The molecule has 0 aliphatic carbocycles. The number of H-pyrrole nitrogens is 1. The minimum Gasteiger partial charge on any atom is -0.299 e. The summed E-state index contributed by atoms with van der Waals surface area (Å²) in [6.07, 6.45) is 3.80. The van der Waals surface area contributed by atoms with E-state index in [1.807, 2.05) is 6.92 Å². The molecule has 1 atom stereocenters. The second-order valence-electron chi connectivity index (χ2n) is 5.48. The third-order valence-corrected chi connectivity index (χ3v) is 4.26. The molecular weight excluding hydrogens is 278 g/mol. The van der Waals surface area contributed by atoms with Gasteiger partial charge < -0.3 is 0 Å². The number of halogens is 1. The maximum absolute atomic E-state index is 12.4. The molecule has 0 saturated carbocycles. The minimum absolute atomic E-state index is 0.187. The van der Waals surface area contributed by atoms with Gasteiger partial charge >= 0.3 is 5.69 Å². The summed E-state index contributed by atoms with van der Waals surface area (Å²) in [5, 5.41) is 0.187. The monoisotopic (exact) mass is 299 g/mol. The smallest absolute Gasteiger partial charge is 0.299 e. The van der Waals surface area contributed by atoms with Gasteiger partial charge in [-0.25, -0.2) is 4.79 Å². The van der Waals surface area contributed by atoms with Crippen LogP contribution in [-0.4, -0.2) is 33.6 Å². The average molecular weight is 300 g/mol. The third kappa shape index (κ3) is 3.15. The van der Waals surface area contributed by atoms with Crippen LogP contribution in [0, 0.1) is 0 Å². The number of rotatable bonds is 5. The van der Waals surface area contributed by atoms with Crippen LogP contribution in [0.15, 0.2) is 9.59 Å². The second kappa shape index (κ2) is 6.59. The molecular formula is C14H22ClN3O2. The lowest BCUT2D eigenvalue weighted by atomic mass is 10.2. The SMILES string of the molecule is CCCc1c(Cl)[nH]c(=O)n(CC(C)N2CCCC2)c1=O. The van der Waals surface area contributed by atoms with Crippen LogP contribution in [0.2, 0.25) is 5.15 Å². The molecule has 1 aromatic rings. The molecule has 112 valence electrons. The summed E-state index contributed by atoms with van der Waals surface area (Å²) in [6, 6.07) is 0.187. The quantitative estimate of drug-likeness (QED) is 0.841. The summed E-state index contributed by atoms with van der Waals surface area (Å²) in [4.78, 5) is 29.3. The Kier molecular flexibility index (Phi) is 5.05. The molecule has 1 aliphatic rings. The Morgan fingerprint density at radius 2 is 1.95 bits per heavy atom. The number of aromatic amines is 1. The zero-order valence-electron chi connectivity index (χ0n) is 12.1. The zero-order valence-corrected chi connectivity index (χ0v) is 12.9. The first-order valence-corrected chi connectivity index (χ1v) is 7.68. The van der Waals surface area contributed by atoms with Crippen molar-refractivity contribution in [2.24, 2.45) is 0 Å². The zero-order chi connectivity index (χ0) is 14.7. The minimum atomic E-state index is -0.411. The predicted molar refractivity (Wildman–Crippen MR) is 80.6 cm³/mol. The fourth-order valence-corrected chi connectivity index (χ4v) is 3.04. The Labute approximate surface area is 123 Å². The van der Waals surface area contributed by atoms with Crippen LogP contribution in [0.1, 0.15) is 38.7 Å². The third-order valence-electron chi connectivity index (χ3n) is 3.94. The van der Waals surface area contributed by atoms with E-state index < -0.39 is 5.69 Å². The van der Waals surface area contributed by atoms with Crippen LogP contribution in [0.5, 0.6) is 0 Å². The van der Waals surface area contributed by atoms with Gasteiger partial charge in [0.05, 0.1) is 5.56 Å². The molecule has 1 aromatic heterocycles. The molecule has 0 spiro atoms. The molecule has 1 saturated heterocycles. The van der Waals surface area contributed by atoms with Crippen LogP contribution in [0.4, 0.5) is 0 Å². The summed E-state index contributed by atoms with van der Waals surface area (Å²) < 4.78 is 1.29. The van der Waals surface area contributed by atoms with E-state index in [1.165, 1.54) is 17.4 Å². The lowest BCUT2D eigenvalue weighted by Gasteiger charge is -2.24. The molecule has 6 heteroatoms. The van der Waals surface area contributed by atoms with E-state index in [1.54, 1.807) is 0 Å². The van der Waals surface area contributed by atoms with Crippen molar-refractivity contribution in [1.82, 2.24) is 14.5 Å². The van der Waals surface area contributed by atoms with Crippen molar-refractivity contribution >= 4 is 11.6 Å². The fraction of sp³-hybridized carbons (Fsp3) is 0.714. The lowest BCUT2D eigenvalue weighted by Crippen LogP contribution is -2.44. The molecule has 20 heavy (non-hydrogen) atoms. The highest BCUT2D eigenvalue weighted by Crippen LogP contribution is 2.13. The van der Waals surface area contributed by atoms with Gasteiger partial charge in [-0.1, -0.05) is 24.9 Å². The van der Waals surface area contributed by atoms with Gasteiger partial charge in [-0.05, 0) is 39.3 Å². The van der Waals surface area contributed by atoms with Crippen molar-refractivity contribution in [3.63, 3.8) is 0 Å². The van der Waals surface area contributed by atoms with Crippen molar-refractivity contribution < 1.29 is 0 Å². The first kappa shape index (κ1) is 15.3. The van der Waals surface area contributed by atoms with Gasteiger partial charge in [-0.15, -0.1) is 0 Å². The number of hydrogen-bond donors (Lipinski definition) is 1. The highest BCUT2D eigenvalue weighted by atomic mass is 35.5. The van der Waals surface area contributed by atoms with Gasteiger partial charge in [0, 0.05) is 12.6 Å². The van der Waals surface area contributed by atoms with E-state index in [0.29, 0.717) is 18.5 Å². The van der Waals surface area contributed by atoms with Crippen LogP contribution in [0.25, 0.3) is 0 Å². The van der Waals surface area contributed by atoms with Gasteiger partial charge in [0.25, 0.3) is 5.56 Å². The van der Waals surface area contributed by atoms with Crippen molar-refractivity contribution in [2.75, 3.05) is 13.1 Å². The van der Waals surface area contributed by atoms with Crippen LogP contribution in [0.3, 0.4) is 0 Å². The summed E-state index contributed by atoms with van der Waals surface area (Å²) in [5.74, 6) is 0. The standard InChI is InChI=1S/C14H22ClN3O2/c1-3-6-11-12(15)16-14(20)18(13(11)19)9-10(2)17-7-4-5-8-17/h10H,3-9H2,1-2H3,(H,16,20). The number of hydrogen-bond acceptors (Lipinski definition) is 3.